The molecular weight excluding hydrogens is 151 g/mol. The van der Waals surface area contributed by atoms with Gasteiger partial charge in [0.05, 0.1) is 0 Å². The number of hydrogen-bond acceptors (Lipinski definition) is 2. The summed E-state index contributed by atoms with van der Waals surface area (Å²) in [6, 6.07) is 0. The van der Waals surface area contributed by atoms with E-state index in [1.165, 1.54) is 32.1 Å². The lowest BCUT2D eigenvalue weighted by Crippen LogP contribution is -2.11. The summed E-state index contributed by atoms with van der Waals surface area (Å²) < 4.78 is 0. The van der Waals surface area contributed by atoms with Crippen molar-refractivity contribution in [1.82, 2.24) is 0 Å². The molecule has 1 rings (SSSR count). The van der Waals surface area contributed by atoms with Crippen LogP contribution in [0.15, 0.2) is 0 Å². The second-order valence-corrected chi connectivity index (χ2v) is 3.92. The highest BCUT2D eigenvalue weighted by Gasteiger charge is 2.44. The van der Waals surface area contributed by atoms with E-state index < -0.39 is 7.12 Å². The summed E-state index contributed by atoms with van der Waals surface area (Å²) in [5, 5.41) is 17.6. The SMILES string of the molecule is CCCCCCC1CC1B(O)O. The number of hydrogen-bond donors (Lipinski definition) is 2. The van der Waals surface area contributed by atoms with Gasteiger partial charge in [0.25, 0.3) is 0 Å². The first-order valence-corrected chi connectivity index (χ1v) is 5.11. The molecule has 12 heavy (non-hydrogen) atoms. The van der Waals surface area contributed by atoms with Crippen LogP contribution in [0.3, 0.4) is 0 Å². The Kier molecular flexibility index (Phi) is 4.09. The Morgan fingerprint density at radius 2 is 2.00 bits per heavy atom. The van der Waals surface area contributed by atoms with E-state index in [0.717, 1.165) is 6.42 Å². The van der Waals surface area contributed by atoms with Crippen LogP contribution in [0.5, 0.6) is 0 Å². The van der Waals surface area contributed by atoms with Crippen LogP contribution in [0.4, 0.5) is 0 Å². The monoisotopic (exact) mass is 170 g/mol. The largest absolute Gasteiger partial charge is 0.455 e. The molecule has 0 saturated heterocycles. The predicted molar refractivity (Wildman–Crippen MR) is 50.8 cm³/mol. The van der Waals surface area contributed by atoms with Crippen molar-refractivity contribution in [3.8, 4) is 0 Å². The molecule has 2 unspecified atom stereocenters. The van der Waals surface area contributed by atoms with Gasteiger partial charge in [0.2, 0.25) is 0 Å². The molecule has 70 valence electrons. The van der Waals surface area contributed by atoms with E-state index in [4.69, 9.17) is 10.0 Å². The van der Waals surface area contributed by atoms with Crippen molar-refractivity contribution in [3.05, 3.63) is 0 Å². The maximum absolute atomic E-state index is 8.82. The lowest BCUT2D eigenvalue weighted by atomic mass is 9.81. The van der Waals surface area contributed by atoms with E-state index in [2.05, 4.69) is 6.92 Å². The number of unbranched alkanes of at least 4 members (excludes halogenated alkanes) is 3. The summed E-state index contributed by atoms with van der Waals surface area (Å²) in [7, 11) is -1.05. The molecule has 2 N–H and O–H groups in total. The van der Waals surface area contributed by atoms with E-state index >= 15 is 0 Å². The Bertz CT molecular complexity index is 128. The highest BCUT2D eigenvalue weighted by atomic mass is 16.4. The van der Waals surface area contributed by atoms with E-state index in [1.807, 2.05) is 0 Å². The van der Waals surface area contributed by atoms with Crippen LogP contribution < -0.4 is 0 Å². The fraction of sp³-hybridized carbons (Fsp3) is 1.00. The first-order chi connectivity index (χ1) is 5.75. The van der Waals surface area contributed by atoms with Gasteiger partial charge in [-0.3, -0.25) is 0 Å². The van der Waals surface area contributed by atoms with Crippen LogP contribution in [0.1, 0.15) is 45.4 Å². The Morgan fingerprint density at radius 3 is 2.50 bits per heavy atom. The second-order valence-electron chi connectivity index (χ2n) is 3.92. The van der Waals surface area contributed by atoms with Crippen molar-refractivity contribution >= 4 is 7.12 Å². The highest BCUT2D eigenvalue weighted by molar-refractivity contribution is 6.44. The Labute approximate surface area is 75.1 Å². The molecule has 0 heterocycles. The van der Waals surface area contributed by atoms with Crippen LogP contribution in [0.2, 0.25) is 5.82 Å². The van der Waals surface area contributed by atoms with E-state index in [-0.39, 0.29) is 5.82 Å². The summed E-state index contributed by atoms with van der Waals surface area (Å²) in [6.45, 7) is 2.21. The van der Waals surface area contributed by atoms with Gasteiger partial charge in [-0.05, 0) is 18.2 Å². The average Bonchev–Trinajstić information content (AvgIpc) is 2.77. The highest BCUT2D eigenvalue weighted by Crippen LogP contribution is 2.48. The predicted octanol–water partition coefficient (Wildman–Crippen LogP) is 1.82. The van der Waals surface area contributed by atoms with Gasteiger partial charge in [-0.15, -0.1) is 0 Å². The molecule has 1 aliphatic carbocycles. The Morgan fingerprint density at radius 1 is 1.25 bits per heavy atom. The topological polar surface area (TPSA) is 40.5 Å². The zero-order valence-electron chi connectivity index (χ0n) is 7.87. The number of rotatable bonds is 6. The van der Waals surface area contributed by atoms with E-state index in [9.17, 15) is 0 Å². The third-order valence-corrected chi connectivity index (χ3v) is 2.79. The van der Waals surface area contributed by atoms with Crippen LogP contribution in [-0.2, 0) is 0 Å². The standard InChI is InChI=1S/C9H19BO2/c1-2-3-4-5-6-8-7-9(8)10(11)12/h8-9,11-12H,2-7H2,1H3. The zero-order valence-corrected chi connectivity index (χ0v) is 7.87. The van der Waals surface area contributed by atoms with Gasteiger partial charge in [0, 0.05) is 0 Å². The Hall–Kier alpha value is -0.0151. The van der Waals surface area contributed by atoms with Gasteiger partial charge in [-0.2, -0.15) is 0 Å². The third-order valence-electron chi connectivity index (χ3n) is 2.79. The lowest BCUT2D eigenvalue weighted by molar-refractivity contribution is 0.398. The summed E-state index contributed by atoms with van der Waals surface area (Å²) in [5.41, 5.74) is 0. The van der Waals surface area contributed by atoms with Crippen LogP contribution in [0, 0.1) is 5.92 Å². The first kappa shape index (κ1) is 10.1. The summed E-state index contributed by atoms with van der Waals surface area (Å²) in [6.07, 6.45) is 7.39. The molecule has 1 aliphatic rings. The molecule has 0 aliphatic heterocycles. The molecule has 0 amide bonds. The van der Waals surface area contributed by atoms with Crippen molar-refractivity contribution < 1.29 is 10.0 Å². The molecule has 0 aromatic carbocycles. The molecule has 0 aromatic rings. The fourth-order valence-corrected chi connectivity index (χ4v) is 1.80. The van der Waals surface area contributed by atoms with Crippen molar-refractivity contribution in [3.63, 3.8) is 0 Å². The molecule has 3 heteroatoms. The quantitative estimate of drug-likeness (QED) is 0.471. The smallest absolute Gasteiger partial charge is 0.427 e. The summed E-state index contributed by atoms with van der Waals surface area (Å²) in [4.78, 5) is 0. The molecule has 2 atom stereocenters. The maximum atomic E-state index is 8.82. The van der Waals surface area contributed by atoms with Crippen molar-refractivity contribution in [2.45, 2.75) is 51.3 Å². The zero-order chi connectivity index (χ0) is 8.97. The van der Waals surface area contributed by atoms with Gasteiger partial charge < -0.3 is 10.0 Å². The molecule has 0 bridgehead atoms. The second kappa shape index (κ2) is 4.88. The van der Waals surface area contributed by atoms with E-state index in [0.29, 0.717) is 5.92 Å². The molecule has 2 nitrogen and oxygen atoms in total. The van der Waals surface area contributed by atoms with Crippen molar-refractivity contribution in [2.24, 2.45) is 5.92 Å². The minimum Gasteiger partial charge on any atom is -0.427 e. The minimum atomic E-state index is -1.05. The average molecular weight is 170 g/mol. The van der Waals surface area contributed by atoms with Crippen LogP contribution >= 0.6 is 0 Å². The molecule has 0 aromatic heterocycles. The minimum absolute atomic E-state index is 0.201. The van der Waals surface area contributed by atoms with Crippen LogP contribution in [0.25, 0.3) is 0 Å². The van der Waals surface area contributed by atoms with Gasteiger partial charge in [-0.1, -0.05) is 39.0 Å². The first-order valence-electron chi connectivity index (χ1n) is 5.11. The van der Waals surface area contributed by atoms with Gasteiger partial charge >= 0.3 is 7.12 Å². The van der Waals surface area contributed by atoms with Crippen molar-refractivity contribution in [1.29, 1.82) is 0 Å². The normalized spacial score (nSPS) is 27.2. The maximum Gasteiger partial charge on any atom is 0.455 e. The Balaban J connectivity index is 1.90. The molecule has 1 fully saturated rings. The van der Waals surface area contributed by atoms with Gasteiger partial charge in [0.15, 0.2) is 0 Å². The van der Waals surface area contributed by atoms with E-state index in [1.54, 1.807) is 0 Å². The summed E-state index contributed by atoms with van der Waals surface area (Å²) >= 11 is 0. The van der Waals surface area contributed by atoms with Gasteiger partial charge in [0.1, 0.15) is 0 Å². The van der Waals surface area contributed by atoms with Gasteiger partial charge in [-0.25, -0.2) is 0 Å². The third kappa shape index (κ3) is 3.15. The molecule has 0 radical (unpaired) electrons. The van der Waals surface area contributed by atoms with Crippen molar-refractivity contribution in [2.75, 3.05) is 0 Å². The lowest BCUT2D eigenvalue weighted by Gasteiger charge is -1.98. The molecule has 1 saturated carbocycles. The summed E-state index contributed by atoms with van der Waals surface area (Å²) in [5.74, 6) is 0.813. The van der Waals surface area contributed by atoms with Crippen LogP contribution in [-0.4, -0.2) is 17.2 Å². The molecular formula is C9H19BO2. The molecule has 0 spiro atoms. The fourth-order valence-electron chi connectivity index (χ4n) is 1.80.